The first-order valence-corrected chi connectivity index (χ1v) is 7.24. The van der Waals surface area contributed by atoms with Gasteiger partial charge in [-0.1, -0.05) is 23.8 Å². The Labute approximate surface area is 110 Å². The van der Waals surface area contributed by atoms with E-state index in [4.69, 9.17) is 0 Å². The van der Waals surface area contributed by atoms with Crippen LogP contribution in [0.15, 0.2) is 18.2 Å². The van der Waals surface area contributed by atoms with Crippen LogP contribution in [-0.2, 0) is 6.54 Å². The number of piperidine rings is 1. The summed E-state index contributed by atoms with van der Waals surface area (Å²) in [5.74, 6) is 0.893. The Morgan fingerprint density at radius 3 is 2.94 bits per heavy atom. The summed E-state index contributed by atoms with van der Waals surface area (Å²) in [6.07, 6.45) is 2.78. The maximum absolute atomic E-state index is 3.68. The summed E-state index contributed by atoms with van der Waals surface area (Å²) in [4.78, 5) is 2.63. The van der Waals surface area contributed by atoms with Crippen molar-refractivity contribution in [2.75, 3.05) is 19.6 Å². The highest BCUT2D eigenvalue weighted by Gasteiger charge is 2.33. The standard InChI is InChI=1S/C16H24N2/c1-12-5-6-14(13(2)8-12)9-18-10-15-4-3-7-17-16(15)11-18/h5-6,8,15-17H,3-4,7,9-11H2,1-2H3. The largest absolute Gasteiger partial charge is 0.312 e. The Morgan fingerprint density at radius 1 is 1.28 bits per heavy atom. The average Bonchev–Trinajstić information content (AvgIpc) is 2.75. The van der Waals surface area contributed by atoms with Crippen molar-refractivity contribution in [1.29, 1.82) is 0 Å². The normalized spacial score (nSPS) is 28.3. The minimum Gasteiger partial charge on any atom is -0.312 e. The third kappa shape index (κ3) is 2.45. The van der Waals surface area contributed by atoms with Crippen LogP contribution in [-0.4, -0.2) is 30.6 Å². The molecule has 0 bridgehead atoms. The molecule has 2 saturated heterocycles. The molecule has 2 fully saturated rings. The second-order valence-electron chi connectivity index (χ2n) is 6.09. The van der Waals surface area contributed by atoms with Gasteiger partial charge >= 0.3 is 0 Å². The van der Waals surface area contributed by atoms with Gasteiger partial charge in [0.25, 0.3) is 0 Å². The Kier molecular flexibility index (Phi) is 3.40. The molecule has 2 heteroatoms. The van der Waals surface area contributed by atoms with Gasteiger partial charge < -0.3 is 5.32 Å². The summed E-state index contributed by atoms with van der Waals surface area (Å²) in [5, 5.41) is 3.68. The van der Waals surface area contributed by atoms with Gasteiger partial charge in [-0.15, -0.1) is 0 Å². The zero-order chi connectivity index (χ0) is 12.5. The monoisotopic (exact) mass is 244 g/mol. The Hall–Kier alpha value is -0.860. The van der Waals surface area contributed by atoms with E-state index in [2.05, 4.69) is 42.3 Å². The lowest BCUT2D eigenvalue weighted by atomic mass is 9.94. The lowest BCUT2D eigenvalue weighted by Crippen LogP contribution is -2.40. The fourth-order valence-electron chi connectivity index (χ4n) is 3.53. The number of rotatable bonds is 2. The number of likely N-dealkylation sites (tertiary alicyclic amines) is 1. The quantitative estimate of drug-likeness (QED) is 0.860. The van der Waals surface area contributed by atoms with E-state index in [0.29, 0.717) is 0 Å². The van der Waals surface area contributed by atoms with Crippen molar-refractivity contribution in [3.8, 4) is 0 Å². The zero-order valence-corrected chi connectivity index (χ0v) is 11.6. The van der Waals surface area contributed by atoms with Crippen LogP contribution in [0.4, 0.5) is 0 Å². The van der Waals surface area contributed by atoms with E-state index in [1.807, 2.05) is 0 Å². The molecular weight excluding hydrogens is 220 g/mol. The van der Waals surface area contributed by atoms with Crippen molar-refractivity contribution in [2.45, 2.75) is 39.3 Å². The fourth-order valence-corrected chi connectivity index (χ4v) is 3.53. The molecule has 1 aromatic carbocycles. The molecule has 2 heterocycles. The summed E-state index contributed by atoms with van der Waals surface area (Å²) in [7, 11) is 0. The summed E-state index contributed by atoms with van der Waals surface area (Å²) in [6, 6.07) is 7.60. The van der Waals surface area contributed by atoms with Gasteiger partial charge in [0, 0.05) is 25.7 Å². The number of nitrogens with zero attached hydrogens (tertiary/aromatic N) is 1. The Bertz CT molecular complexity index is 413. The van der Waals surface area contributed by atoms with E-state index in [9.17, 15) is 0 Å². The number of nitrogens with one attached hydrogen (secondary N) is 1. The third-order valence-corrected chi connectivity index (χ3v) is 4.57. The SMILES string of the molecule is Cc1ccc(CN2CC3CCCNC3C2)c(C)c1. The molecule has 2 atom stereocenters. The van der Waals surface area contributed by atoms with E-state index in [0.717, 1.165) is 18.5 Å². The van der Waals surface area contributed by atoms with Crippen molar-refractivity contribution in [3.05, 3.63) is 34.9 Å². The topological polar surface area (TPSA) is 15.3 Å². The van der Waals surface area contributed by atoms with Crippen molar-refractivity contribution in [1.82, 2.24) is 10.2 Å². The van der Waals surface area contributed by atoms with E-state index >= 15 is 0 Å². The lowest BCUT2D eigenvalue weighted by Gasteiger charge is -2.24. The van der Waals surface area contributed by atoms with Crippen LogP contribution in [0.5, 0.6) is 0 Å². The molecule has 0 aliphatic carbocycles. The highest BCUT2D eigenvalue weighted by molar-refractivity contribution is 5.30. The zero-order valence-electron chi connectivity index (χ0n) is 11.6. The molecule has 18 heavy (non-hydrogen) atoms. The molecule has 0 amide bonds. The predicted molar refractivity (Wildman–Crippen MR) is 75.7 cm³/mol. The van der Waals surface area contributed by atoms with Crippen molar-refractivity contribution >= 4 is 0 Å². The van der Waals surface area contributed by atoms with Gasteiger partial charge in [0.1, 0.15) is 0 Å². The lowest BCUT2D eigenvalue weighted by molar-refractivity contribution is 0.312. The number of aryl methyl sites for hydroxylation is 2. The molecular formula is C16H24N2. The number of fused-ring (bicyclic) bond motifs is 1. The van der Waals surface area contributed by atoms with Gasteiger partial charge in [-0.2, -0.15) is 0 Å². The average molecular weight is 244 g/mol. The fraction of sp³-hybridized carbons (Fsp3) is 0.625. The first kappa shape index (κ1) is 12.2. The molecule has 0 aromatic heterocycles. The van der Waals surface area contributed by atoms with Crippen molar-refractivity contribution < 1.29 is 0 Å². The molecule has 2 aliphatic heterocycles. The molecule has 0 saturated carbocycles. The number of hydrogen-bond donors (Lipinski definition) is 1. The molecule has 2 nitrogen and oxygen atoms in total. The van der Waals surface area contributed by atoms with Gasteiger partial charge in [0.15, 0.2) is 0 Å². The molecule has 2 aliphatic rings. The van der Waals surface area contributed by atoms with Gasteiger partial charge in [-0.05, 0) is 50.3 Å². The summed E-state index contributed by atoms with van der Waals surface area (Å²) >= 11 is 0. The van der Waals surface area contributed by atoms with Gasteiger partial charge in [-0.25, -0.2) is 0 Å². The summed E-state index contributed by atoms with van der Waals surface area (Å²) < 4.78 is 0. The molecule has 0 spiro atoms. The summed E-state index contributed by atoms with van der Waals surface area (Å²) in [5.41, 5.74) is 4.31. The maximum atomic E-state index is 3.68. The third-order valence-electron chi connectivity index (χ3n) is 4.57. The van der Waals surface area contributed by atoms with Crippen LogP contribution in [0.2, 0.25) is 0 Å². The van der Waals surface area contributed by atoms with Crippen LogP contribution >= 0.6 is 0 Å². The minimum absolute atomic E-state index is 0.754. The van der Waals surface area contributed by atoms with Gasteiger partial charge in [0.2, 0.25) is 0 Å². The number of benzene rings is 1. The van der Waals surface area contributed by atoms with E-state index in [1.54, 1.807) is 0 Å². The highest BCUT2D eigenvalue weighted by atomic mass is 15.2. The smallest absolute Gasteiger partial charge is 0.0237 e. The Balaban J connectivity index is 1.66. The molecule has 1 N–H and O–H groups in total. The molecule has 1 aromatic rings. The molecule has 98 valence electrons. The minimum atomic E-state index is 0.754. The predicted octanol–water partition coefficient (Wildman–Crippen LogP) is 2.49. The van der Waals surface area contributed by atoms with Crippen molar-refractivity contribution in [3.63, 3.8) is 0 Å². The van der Waals surface area contributed by atoms with E-state index in [1.165, 1.54) is 49.2 Å². The summed E-state index contributed by atoms with van der Waals surface area (Å²) in [6.45, 7) is 9.27. The van der Waals surface area contributed by atoms with Gasteiger partial charge in [-0.3, -0.25) is 4.90 Å². The van der Waals surface area contributed by atoms with Crippen molar-refractivity contribution in [2.24, 2.45) is 5.92 Å². The second-order valence-corrected chi connectivity index (χ2v) is 6.09. The molecule has 2 unspecified atom stereocenters. The van der Waals surface area contributed by atoms with Crippen LogP contribution in [0.3, 0.4) is 0 Å². The second kappa shape index (κ2) is 5.02. The first-order valence-electron chi connectivity index (χ1n) is 7.24. The van der Waals surface area contributed by atoms with E-state index in [-0.39, 0.29) is 0 Å². The van der Waals surface area contributed by atoms with Gasteiger partial charge in [0.05, 0.1) is 0 Å². The van der Waals surface area contributed by atoms with Crippen LogP contribution < -0.4 is 5.32 Å². The van der Waals surface area contributed by atoms with Crippen LogP contribution in [0.1, 0.15) is 29.5 Å². The van der Waals surface area contributed by atoms with Crippen LogP contribution in [0.25, 0.3) is 0 Å². The maximum Gasteiger partial charge on any atom is 0.0237 e. The first-order chi connectivity index (χ1) is 8.72. The number of hydrogen-bond acceptors (Lipinski definition) is 2. The van der Waals surface area contributed by atoms with E-state index < -0.39 is 0 Å². The highest BCUT2D eigenvalue weighted by Crippen LogP contribution is 2.26. The molecule has 3 rings (SSSR count). The van der Waals surface area contributed by atoms with Crippen LogP contribution in [0, 0.1) is 19.8 Å². The Morgan fingerprint density at radius 2 is 2.17 bits per heavy atom. The molecule has 0 radical (unpaired) electrons.